The number of fused-ring (bicyclic) bond motifs is 4. The molecule has 3 aromatic heterocycles. The van der Waals surface area contributed by atoms with E-state index in [4.69, 9.17) is 14.7 Å². The third-order valence-corrected chi connectivity index (χ3v) is 8.05. The van der Waals surface area contributed by atoms with Gasteiger partial charge in [-0.25, -0.2) is 9.59 Å². The molecule has 0 bridgehead atoms. The fraction of sp³-hybridized carbons (Fsp3) is 0.382. The maximum Gasteiger partial charge on any atom is 0.407 e. The summed E-state index contributed by atoms with van der Waals surface area (Å²) in [5.41, 5.74) is 0.466. The summed E-state index contributed by atoms with van der Waals surface area (Å²) >= 11 is 0. The molecule has 4 heterocycles. The van der Waals surface area contributed by atoms with E-state index < -0.39 is 22.9 Å². The summed E-state index contributed by atoms with van der Waals surface area (Å²) in [7, 11) is 1.63. The number of benzene rings is 2. The van der Waals surface area contributed by atoms with E-state index in [0.717, 1.165) is 34.5 Å². The van der Waals surface area contributed by atoms with E-state index in [1.54, 1.807) is 18.5 Å². The summed E-state index contributed by atoms with van der Waals surface area (Å²) in [5, 5.41) is 5.87. The van der Waals surface area contributed by atoms with Crippen LogP contribution in [0.25, 0.3) is 32.8 Å². The number of rotatable bonds is 5. The van der Waals surface area contributed by atoms with Crippen LogP contribution >= 0.6 is 0 Å². The number of hydrogen-bond donors (Lipinski definition) is 1. The van der Waals surface area contributed by atoms with Gasteiger partial charge in [0.1, 0.15) is 5.60 Å². The number of hydrogen-bond acceptors (Lipinski definition) is 7. The number of nitrogens with zero attached hydrogens (tertiary/aromatic N) is 6. The summed E-state index contributed by atoms with van der Waals surface area (Å²) in [6.45, 7) is 8.57. The first kappa shape index (κ1) is 29.9. The second kappa shape index (κ2) is 11.8. The van der Waals surface area contributed by atoms with E-state index in [-0.39, 0.29) is 24.8 Å². The maximum absolute atomic E-state index is 14.2. The first-order valence-electron chi connectivity index (χ1n) is 15.2. The molecule has 1 aliphatic rings. The van der Waals surface area contributed by atoms with Crippen molar-refractivity contribution in [1.29, 1.82) is 0 Å². The van der Waals surface area contributed by atoms with Crippen molar-refractivity contribution in [2.75, 3.05) is 18.0 Å². The van der Waals surface area contributed by atoms with Crippen molar-refractivity contribution in [3.8, 4) is 11.8 Å². The van der Waals surface area contributed by atoms with Gasteiger partial charge in [-0.1, -0.05) is 48.4 Å². The lowest BCUT2D eigenvalue weighted by molar-refractivity contribution is 0.0499. The lowest BCUT2D eigenvalue weighted by Crippen LogP contribution is -2.49. The molecule has 232 valence electrons. The maximum atomic E-state index is 14.2. The Morgan fingerprint density at radius 3 is 2.47 bits per heavy atom. The molecule has 45 heavy (non-hydrogen) atoms. The topological polar surface area (TPSA) is 116 Å². The van der Waals surface area contributed by atoms with Crippen molar-refractivity contribution in [3.63, 3.8) is 0 Å². The highest BCUT2D eigenvalue weighted by molar-refractivity contribution is 6.06. The summed E-state index contributed by atoms with van der Waals surface area (Å²) in [6.07, 6.45) is 1.11. The molecule has 1 N–H and O–H groups in total. The Morgan fingerprint density at radius 1 is 1.02 bits per heavy atom. The third kappa shape index (κ3) is 5.76. The molecule has 0 radical (unpaired) electrons. The van der Waals surface area contributed by atoms with Crippen LogP contribution in [0.15, 0.2) is 58.1 Å². The minimum absolute atomic E-state index is 0.00163. The standard InChI is InChI=1S/C34H37N7O4/c1-6-7-19-40-28-29(37-31(40)39-18-12-13-22(20-39)35-32(43)45-34(2,3)4)38(5)33(44)41(30(28)42)21-27-25-16-9-8-14-23(25)24-15-10-11-17-26(24)36-27/h8-11,14-17,22H,12-13,18-21H2,1-5H3,(H,35,43)/t22-/m0/s1. The van der Waals surface area contributed by atoms with Crippen LogP contribution in [0.4, 0.5) is 10.7 Å². The first-order valence-corrected chi connectivity index (χ1v) is 15.2. The zero-order valence-corrected chi connectivity index (χ0v) is 26.3. The van der Waals surface area contributed by atoms with Crippen LogP contribution in [-0.2, 0) is 24.9 Å². The van der Waals surface area contributed by atoms with Crippen LogP contribution in [0.2, 0.25) is 0 Å². The zero-order valence-electron chi connectivity index (χ0n) is 26.3. The molecule has 11 nitrogen and oxygen atoms in total. The highest BCUT2D eigenvalue weighted by Crippen LogP contribution is 2.27. The molecule has 2 aromatic carbocycles. The molecule has 11 heteroatoms. The number of nitrogens with one attached hydrogen (secondary N) is 1. The van der Waals surface area contributed by atoms with E-state index in [1.807, 2.05) is 74.2 Å². The molecule has 1 atom stereocenters. The van der Waals surface area contributed by atoms with E-state index in [9.17, 15) is 14.4 Å². The Balaban J connectivity index is 1.44. The molecule has 0 saturated carbocycles. The number of para-hydroxylation sites is 1. The van der Waals surface area contributed by atoms with Crippen LogP contribution in [0.5, 0.6) is 0 Å². The van der Waals surface area contributed by atoms with Gasteiger partial charge in [-0.05, 0) is 52.0 Å². The Morgan fingerprint density at radius 2 is 1.73 bits per heavy atom. The van der Waals surface area contributed by atoms with Crippen LogP contribution in [0, 0.1) is 11.8 Å². The number of aryl methyl sites for hydroxylation is 1. The molecule has 0 unspecified atom stereocenters. The molecule has 1 aliphatic heterocycles. The van der Waals surface area contributed by atoms with E-state index in [2.05, 4.69) is 17.2 Å². The first-order chi connectivity index (χ1) is 21.6. The molecule has 1 saturated heterocycles. The highest BCUT2D eigenvalue weighted by atomic mass is 16.6. The van der Waals surface area contributed by atoms with Gasteiger partial charge >= 0.3 is 11.8 Å². The monoisotopic (exact) mass is 607 g/mol. The minimum Gasteiger partial charge on any atom is -0.444 e. The van der Waals surface area contributed by atoms with E-state index in [0.29, 0.717) is 30.2 Å². The number of carbonyl (C=O) groups is 1. The minimum atomic E-state index is -0.607. The van der Waals surface area contributed by atoms with Gasteiger partial charge in [-0.15, -0.1) is 5.92 Å². The largest absolute Gasteiger partial charge is 0.444 e. The average molecular weight is 608 g/mol. The summed E-state index contributed by atoms with van der Waals surface area (Å²) in [4.78, 5) is 52.3. The molecular weight excluding hydrogens is 570 g/mol. The summed E-state index contributed by atoms with van der Waals surface area (Å²) < 4.78 is 9.90. The van der Waals surface area contributed by atoms with Crippen LogP contribution < -0.4 is 21.5 Å². The number of anilines is 1. The molecule has 5 aromatic rings. The van der Waals surface area contributed by atoms with Gasteiger partial charge in [0.15, 0.2) is 11.2 Å². The lowest BCUT2D eigenvalue weighted by atomic mass is 10.0. The molecular formula is C34H37N7O4. The van der Waals surface area contributed by atoms with Crippen molar-refractivity contribution in [3.05, 3.63) is 75.1 Å². The van der Waals surface area contributed by atoms with Crippen LogP contribution in [0.3, 0.4) is 0 Å². The highest BCUT2D eigenvalue weighted by Gasteiger charge is 2.29. The fourth-order valence-corrected chi connectivity index (χ4v) is 6.04. The van der Waals surface area contributed by atoms with E-state index in [1.165, 1.54) is 9.13 Å². The van der Waals surface area contributed by atoms with Gasteiger partial charge in [0, 0.05) is 37.0 Å². The molecule has 1 fully saturated rings. The summed E-state index contributed by atoms with van der Waals surface area (Å²) in [5.74, 6) is 6.52. The number of amides is 1. The number of imidazole rings is 1. The van der Waals surface area contributed by atoms with Crippen LogP contribution in [0.1, 0.15) is 46.2 Å². The van der Waals surface area contributed by atoms with Gasteiger partial charge < -0.3 is 15.0 Å². The number of piperidine rings is 1. The zero-order chi connectivity index (χ0) is 31.9. The fourth-order valence-electron chi connectivity index (χ4n) is 6.04. The Hall–Kier alpha value is -5.11. The SMILES string of the molecule is CC#CCn1c(N2CCC[C@H](NC(=O)OC(C)(C)C)C2)nc2c1c(=O)n(Cc1nc3ccccc3c3ccccc13)c(=O)n2C. The van der Waals surface area contributed by atoms with Gasteiger partial charge in [-0.3, -0.25) is 23.5 Å². The Labute approximate surface area is 260 Å². The smallest absolute Gasteiger partial charge is 0.407 e. The number of ether oxygens (including phenoxy) is 1. The van der Waals surface area contributed by atoms with Gasteiger partial charge in [0.25, 0.3) is 5.56 Å². The van der Waals surface area contributed by atoms with Gasteiger partial charge in [0.2, 0.25) is 5.95 Å². The van der Waals surface area contributed by atoms with Crippen molar-refractivity contribution >= 4 is 44.9 Å². The Bertz CT molecular complexity index is 2120. The molecule has 0 spiro atoms. The Kier molecular flexibility index (Phi) is 7.83. The van der Waals surface area contributed by atoms with E-state index >= 15 is 0 Å². The van der Waals surface area contributed by atoms with Gasteiger partial charge in [0.05, 0.1) is 24.3 Å². The van der Waals surface area contributed by atoms with Crippen molar-refractivity contribution in [2.45, 2.75) is 65.3 Å². The predicted molar refractivity (Wildman–Crippen MR) is 176 cm³/mol. The normalized spacial score (nSPS) is 15.3. The van der Waals surface area contributed by atoms with Crippen molar-refractivity contribution in [1.82, 2.24) is 29.0 Å². The second-order valence-electron chi connectivity index (χ2n) is 12.4. The number of aromatic nitrogens is 5. The lowest BCUT2D eigenvalue weighted by Gasteiger charge is -2.34. The number of carbonyl (C=O) groups excluding carboxylic acids is 1. The second-order valence-corrected chi connectivity index (χ2v) is 12.4. The molecule has 0 aliphatic carbocycles. The number of alkyl carbamates (subject to hydrolysis) is 1. The van der Waals surface area contributed by atoms with Crippen molar-refractivity contribution in [2.24, 2.45) is 7.05 Å². The average Bonchev–Trinajstić information content (AvgIpc) is 3.40. The van der Waals surface area contributed by atoms with Crippen molar-refractivity contribution < 1.29 is 9.53 Å². The number of pyridine rings is 1. The van der Waals surface area contributed by atoms with Crippen LogP contribution in [-0.4, -0.2) is 54.5 Å². The van der Waals surface area contributed by atoms with Gasteiger partial charge in [-0.2, -0.15) is 4.98 Å². The molecule has 1 amide bonds. The quantitative estimate of drug-likeness (QED) is 0.236. The molecule has 6 rings (SSSR count). The third-order valence-electron chi connectivity index (χ3n) is 8.05. The summed E-state index contributed by atoms with van der Waals surface area (Å²) in [6, 6.07) is 15.6. The predicted octanol–water partition coefficient (Wildman–Crippen LogP) is 4.16.